The molecule has 1 saturated heterocycles. The summed E-state index contributed by atoms with van der Waals surface area (Å²) in [7, 11) is 0. The van der Waals surface area contributed by atoms with Gasteiger partial charge >= 0.3 is 0 Å². The maximum Gasteiger partial charge on any atom is 0.140 e. The molecule has 8 heteroatoms. The molecule has 1 aliphatic carbocycles. The number of benzene rings is 2. The predicted molar refractivity (Wildman–Crippen MR) is 145 cm³/mol. The van der Waals surface area contributed by atoms with E-state index in [2.05, 4.69) is 51.7 Å². The Labute approximate surface area is 218 Å². The molecule has 0 amide bonds. The van der Waals surface area contributed by atoms with Gasteiger partial charge in [-0.1, -0.05) is 24.6 Å². The van der Waals surface area contributed by atoms with Crippen LogP contribution in [0.5, 0.6) is 0 Å². The molecule has 34 heavy (non-hydrogen) atoms. The van der Waals surface area contributed by atoms with Gasteiger partial charge in [-0.15, -0.1) is 24.8 Å². The van der Waals surface area contributed by atoms with Gasteiger partial charge in [0.15, 0.2) is 0 Å². The molecule has 1 spiro atoms. The van der Waals surface area contributed by atoms with E-state index >= 15 is 0 Å². The number of hydrogen-bond donors (Lipinski definition) is 2. The van der Waals surface area contributed by atoms with Crippen LogP contribution in [0.4, 0.5) is 22.9 Å². The van der Waals surface area contributed by atoms with E-state index in [1.165, 1.54) is 28.9 Å². The third kappa shape index (κ3) is 4.24. The summed E-state index contributed by atoms with van der Waals surface area (Å²) < 4.78 is 0. The van der Waals surface area contributed by atoms with E-state index in [4.69, 9.17) is 16.6 Å². The molecule has 3 heterocycles. The summed E-state index contributed by atoms with van der Waals surface area (Å²) >= 11 is 6.20. The maximum atomic E-state index is 6.20. The lowest BCUT2D eigenvalue weighted by Crippen LogP contribution is -2.42. The second-order valence-corrected chi connectivity index (χ2v) is 9.92. The first-order valence-electron chi connectivity index (χ1n) is 11.6. The van der Waals surface area contributed by atoms with Crippen LogP contribution in [0.1, 0.15) is 48.9 Å². The highest BCUT2D eigenvalue weighted by molar-refractivity contribution is 6.30. The summed E-state index contributed by atoms with van der Waals surface area (Å²) in [5.74, 6) is 1.63. The first kappa shape index (κ1) is 25.1. The zero-order valence-corrected chi connectivity index (χ0v) is 21.6. The fraction of sp³-hybridized carbons (Fsp3) is 0.385. The Morgan fingerprint density at radius 1 is 1.06 bits per heavy atom. The van der Waals surface area contributed by atoms with Crippen molar-refractivity contribution < 1.29 is 0 Å². The molecule has 1 fully saturated rings. The molecule has 1 aromatic heterocycles. The molecule has 3 aromatic rings. The highest BCUT2D eigenvalue weighted by Crippen LogP contribution is 2.51. The smallest absolute Gasteiger partial charge is 0.140 e. The van der Waals surface area contributed by atoms with Crippen molar-refractivity contribution in [2.75, 3.05) is 29.9 Å². The monoisotopic (exact) mass is 517 g/mol. The van der Waals surface area contributed by atoms with Gasteiger partial charge in [-0.3, -0.25) is 0 Å². The van der Waals surface area contributed by atoms with Crippen molar-refractivity contribution in [2.24, 2.45) is 0 Å². The van der Waals surface area contributed by atoms with Gasteiger partial charge in [0.25, 0.3) is 0 Å². The van der Waals surface area contributed by atoms with Crippen LogP contribution >= 0.6 is 36.4 Å². The molecule has 6 rings (SSSR count). The van der Waals surface area contributed by atoms with Crippen molar-refractivity contribution in [3.63, 3.8) is 0 Å². The minimum absolute atomic E-state index is 0. The van der Waals surface area contributed by atoms with Crippen LogP contribution < -0.4 is 15.5 Å². The molecule has 180 valence electrons. The number of piperidine rings is 1. The SMILES string of the molecule is C[C@@H]1CCc2ncnc(N3CC4(CCNCC4)c4cc(Nc5cccc(Cl)c5)ccc43)c21.Cl.Cl. The quantitative estimate of drug-likeness (QED) is 0.412. The summed E-state index contributed by atoms with van der Waals surface area (Å²) in [6, 6.07) is 14.7. The van der Waals surface area contributed by atoms with Crippen molar-refractivity contribution in [3.8, 4) is 0 Å². The first-order valence-corrected chi connectivity index (χ1v) is 12.0. The Balaban J connectivity index is 0.00000137. The topological polar surface area (TPSA) is 53.1 Å². The fourth-order valence-corrected chi connectivity index (χ4v) is 6.03. The Bertz CT molecular complexity index is 1180. The minimum Gasteiger partial charge on any atom is -0.355 e. The third-order valence-electron chi connectivity index (χ3n) is 7.50. The molecular weight excluding hydrogens is 489 g/mol. The van der Waals surface area contributed by atoms with Gasteiger partial charge in [-0.25, -0.2) is 9.97 Å². The van der Waals surface area contributed by atoms with Crippen LogP contribution in [0, 0.1) is 0 Å². The van der Waals surface area contributed by atoms with E-state index in [-0.39, 0.29) is 30.2 Å². The normalized spacial score (nSPS) is 19.7. The number of fused-ring (bicyclic) bond motifs is 3. The number of nitrogens with zero attached hydrogens (tertiary/aromatic N) is 3. The Morgan fingerprint density at radius 2 is 1.85 bits per heavy atom. The molecular formula is C26H30Cl3N5. The van der Waals surface area contributed by atoms with Gasteiger partial charge in [0, 0.05) is 45.3 Å². The second-order valence-electron chi connectivity index (χ2n) is 9.48. The summed E-state index contributed by atoms with van der Waals surface area (Å²) in [5.41, 5.74) is 7.57. The first-order chi connectivity index (χ1) is 15.6. The fourth-order valence-electron chi connectivity index (χ4n) is 5.84. The summed E-state index contributed by atoms with van der Waals surface area (Å²) in [4.78, 5) is 11.9. The van der Waals surface area contributed by atoms with Gasteiger partial charge in [-0.2, -0.15) is 0 Å². The van der Waals surface area contributed by atoms with Crippen molar-refractivity contribution in [3.05, 3.63) is 70.6 Å². The number of rotatable bonds is 3. The van der Waals surface area contributed by atoms with Crippen molar-refractivity contribution in [1.29, 1.82) is 0 Å². The van der Waals surface area contributed by atoms with Crippen molar-refractivity contribution >= 4 is 59.3 Å². The number of aromatic nitrogens is 2. The maximum absolute atomic E-state index is 6.20. The summed E-state index contributed by atoms with van der Waals surface area (Å²) in [6.45, 7) is 5.41. The van der Waals surface area contributed by atoms with Crippen LogP contribution in [0.15, 0.2) is 48.8 Å². The average Bonchev–Trinajstić information content (AvgIpc) is 3.33. The molecule has 2 aliphatic heterocycles. The van der Waals surface area contributed by atoms with Gasteiger partial charge in [0.05, 0.1) is 0 Å². The Morgan fingerprint density at radius 3 is 2.65 bits per heavy atom. The third-order valence-corrected chi connectivity index (χ3v) is 7.74. The lowest BCUT2D eigenvalue weighted by Gasteiger charge is -2.35. The van der Waals surface area contributed by atoms with Crippen molar-refractivity contribution in [1.82, 2.24) is 15.3 Å². The standard InChI is InChI=1S/C26H28ClN5.2ClH/c1-17-5-7-22-24(17)25(30-16-29-22)32-15-26(9-11-28-12-10-26)21-14-20(6-8-23(21)32)31-19-4-2-3-18(27)13-19;;/h2-4,6,8,13-14,16-17,28,31H,5,7,9-12,15H2,1H3;2*1H/t17-;;/m1../s1. The van der Waals surface area contributed by atoms with E-state index in [1.54, 1.807) is 6.33 Å². The number of halogens is 3. The van der Waals surface area contributed by atoms with Crippen LogP contribution in [0.3, 0.4) is 0 Å². The molecule has 0 radical (unpaired) electrons. The van der Waals surface area contributed by atoms with E-state index in [0.29, 0.717) is 5.92 Å². The highest BCUT2D eigenvalue weighted by Gasteiger charge is 2.45. The van der Waals surface area contributed by atoms with E-state index in [0.717, 1.165) is 61.1 Å². The number of nitrogens with one attached hydrogen (secondary N) is 2. The predicted octanol–water partition coefficient (Wildman–Crippen LogP) is 6.54. The van der Waals surface area contributed by atoms with E-state index in [9.17, 15) is 0 Å². The van der Waals surface area contributed by atoms with E-state index in [1.807, 2.05) is 18.2 Å². The molecule has 0 saturated carbocycles. The average molecular weight is 519 g/mol. The molecule has 0 bridgehead atoms. The van der Waals surface area contributed by atoms with Gasteiger partial charge < -0.3 is 15.5 Å². The van der Waals surface area contributed by atoms with Gasteiger partial charge in [0.2, 0.25) is 0 Å². The molecule has 0 unspecified atom stereocenters. The van der Waals surface area contributed by atoms with Crippen LogP contribution in [0.2, 0.25) is 5.02 Å². The zero-order chi connectivity index (χ0) is 21.7. The van der Waals surface area contributed by atoms with Crippen LogP contribution in [-0.2, 0) is 11.8 Å². The number of hydrogen-bond acceptors (Lipinski definition) is 5. The minimum atomic E-state index is 0. The molecule has 5 nitrogen and oxygen atoms in total. The number of aryl methyl sites for hydroxylation is 1. The summed E-state index contributed by atoms with van der Waals surface area (Å²) in [5, 5.41) is 7.85. The van der Waals surface area contributed by atoms with Crippen molar-refractivity contribution in [2.45, 2.75) is 43.9 Å². The zero-order valence-electron chi connectivity index (χ0n) is 19.2. The van der Waals surface area contributed by atoms with Gasteiger partial charge in [0.1, 0.15) is 12.1 Å². The molecule has 2 N–H and O–H groups in total. The lowest BCUT2D eigenvalue weighted by molar-refractivity contribution is 0.329. The number of anilines is 4. The largest absolute Gasteiger partial charge is 0.355 e. The van der Waals surface area contributed by atoms with Crippen LogP contribution in [-0.4, -0.2) is 29.6 Å². The lowest BCUT2D eigenvalue weighted by atomic mass is 9.74. The summed E-state index contributed by atoms with van der Waals surface area (Å²) in [6.07, 6.45) is 6.26. The van der Waals surface area contributed by atoms with Gasteiger partial charge in [-0.05, 0) is 86.7 Å². The molecule has 2 aromatic carbocycles. The molecule has 1 atom stereocenters. The van der Waals surface area contributed by atoms with E-state index < -0.39 is 0 Å². The highest BCUT2D eigenvalue weighted by atomic mass is 35.5. The van der Waals surface area contributed by atoms with Crippen LogP contribution in [0.25, 0.3) is 0 Å². The second kappa shape index (κ2) is 9.90. The Kier molecular flexibility index (Phi) is 7.30. The Hall–Kier alpha value is -2.05. The molecule has 3 aliphatic rings.